The third-order valence-electron chi connectivity index (χ3n) is 4.27. The molecule has 0 radical (unpaired) electrons. The predicted molar refractivity (Wildman–Crippen MR) is 117 cm³/mol. The van der Waals surface area contributed by atoms with Crippen LogP contribution in [0.25, 0.3) is 0 Å². The number of benzene rings is 1. The molecule has 1 atom stereocenters. The highest BCUT2D eigenvalue weighted by atomic mass is 32.2. The smallest absolute Gasteiger partial charge is 0.237 e. The van der Waals surface area contributed by atoms with E-state index in [2.05, 4.69) is 25.5 Å². The van der Waals surface area contributed by atoms with Crippen LogP contribution in [0.15, 0.2) is 40.6 Å². The zero-order valence-electron chi connectivity index (χ0n) is 17.1. The van der Waals surface area contributed by atoms with Gasteiger partial charge in [0.2, 0.25) is 5.91 Å². The van der Waals surface area contributed by atoms with Crippen LogP contribution in [-0.4, -0.2) is 35.9 Å². The Morgan fingerprint density at radius 2 is 1.83 bits per heavy atom. The summed E-state index contributed by atoms with van der Waals surface area (Å²) in [6.45, 7) is 7.75. The highest BCUT2D eigenvalue weighted by molar-refractivity contribution is 8.00. The van der Waals surface area contributed by atoms with Crippen molar-refractivity contribution in [2.24, 2.45) is 7.05 Å². The van der Waals surface area contributed by atoms with Crippen LogP contribution in [0.3, 0.4) is 0 Å². The van der Waals surface area contributed by atoms with E-state index in [1.807, 2.05) is 69.6 Å². The summed E-state index contributed by atoms with van der Waals surface area (Å²) in [6, 6.07) is 9.68. The fourth-order valence-electron chi connectivity index (χ4n) is 2.62. The lowest BCUT2D eigenvalue weighted by Gasteiger charge is -2.13. The van der Waals surface area contributed by atoms with Gasteiger partial charge < -0.3 is 9.88 Å². The SMILES string of the molecule is Cc1cc(C)nc(SCc2nnc(S[C@@H](C)C(=O)Nc3ccccc3C)n2C)n1. The standard InChI is InChI=1S/C20H24N6OS2/c1-12-8-6-7-9-16(12)23-18(27)15(4)29-20-25-24-17(26(20)5)11-28-19-21-13(2)10-14(3)22-19/h6-10,15H,11H2,1-5H3,(H,23,27)/t15-/m0/s1. The van der Waals surface area contributed by atoms with Crippen molar-refractivity contribution in [1.82, 2.24) is 24.7 Å². The number of para-hydroxylation sites is 1. The first kappa shape index (κ1) is 21.3. The number of hydrogen-bond donors (Lipinski definition) is 1. The zero-order valence-corrected chi connectivity index (χ0v) is 18.8. The fourth-order valence-corrected chi connectivity index (χ4v) is 4.38. The van der Waals surface area contributed by atoms with E-state index in [0.29, 0.717) is 10.9 Å². The van der Waals surface area contributed by atoms with Gasteiger partial charge in [0, 0.05) is 24.1 Å². The Morgan fingerprint density at radius 1 is 1.14 bits per heavy atom. The quantitative estimate of drug-likeness (QED) is 0.450. The molecule has 7 nitrogen and oxygen atoms in total. The van der Waals surface area contributed by atoms with Crippen LogP contribution in [-0.2, 0) is 17.6 Å². The van der Waals surface area contributed by atoms with Crippen molar-refractivity contribution in [1.29, 1.82) is 0 Å². The van der Waals surface area contributed by atoms with Crippen molar-refractivity contribution in [2.45, 2.75) is 49.0 Å². The normalized spacial score (nSPS) is 12.0. The third kappa shape index (κ3) is 5.57. The molecular formula is C20H24N6OS2. The number of thioether (sulfide) groups is 2. The number of nitrogens with one attached hydrogen (secondary N) is 1. The van der Waals surface area contributed by atoms with E-state index in [1.54, 1.807) is 0 Å². The lowest BCUT2D eigenvalue weighted by molar-refractivity contribution is -0.115. The number of anilines is 1. The van der Waals surface area contributed by atoms with Crippen LogP contribution in [0.4, 0.5) is 5.69 Å². The molecule has 1 amide bonds. The molecule has 3 rings (SSSR count). The summed E-state index contributed by atoms with van der Waals surface area (Å²) in [5.74, 6) is 1.36. The van der Waals surface area contributed by atoms with Crippen molar-refractivity contribution in [2.75, 3.05) is 5.32 Å². The molecule has 1 N–H and O–H groups in total. The van der Waals surface area contributed by atoms with Gasteiger partial charge >= 0.3 is 0 Å². The van der Waals surface area contributed by atoms with Crippen LogP contribution in [0, 0.1) is 20.8 Å². The van der Waals surface area contributed by atoms with E-state index in [0.717, 1.165) is 33.6 Å². The molecule has 0 saturated heterocycles. The number of aromatic nitrogens is 5. The first-order chi connectivity index (χ1) is 13.8. The highest BCUT2D eigenvalue weighted by Gasteiger charge is 2.19. The first-order valence-corrected chi connectivity index (χ1v) is 11.1. The largest absolute Gasteiger partial charge is 0.325 e. The average molecular weight is 429 g/mol. The molecule has 3 aromatic rings. The molecule has 29 heavy (non-hydrogen) atoms. The van der Waals surface area contributed by atoms with Gasteiger partial charge in [-0.05, 0) is 45.4 Å². The van der Waals surface area contributed by atoms with E-state index in [1.165, 1.54) is 23.5 Å². The van der Waals surface area contributed by atoms with E-state index < -0.39 is 0 Å². The molecule has 0 spiro atoms. The Bertz CT molecular complexity index is 1000. The second-order valence-corrected chi connectivity index (χ2v) is 8.99. The Balaban J connectivity index is 1.61. The van der Waals surface area contributed by atoms with Crippen LogP contribution in [0.2, 0.25) is 0 Å². The zero-order chi connectivity index (χ0) is 21.0. The van der Waals surface area contributed by atoms with Crippen LogP contribution < -0.4 is 5.32 Å². The topological polar surface area (TPSA) is 85.6 Å². The number of nitrogens with zero attached hydrogens (tertiary/aromatic N) is 5. The van der Waals surface area contributed by atoms with Gasteiger partial charge in [-0.1, -0.05) is 41.7 Å². The fraction of sp³-hybridized carbons (Fsp3) is 0.350. The lowest BCUT2D eigenvalue weighted by Crippen LogP contribution is -2.23. The van der Waals surface area contributed by atoms with Crippen LogP contribution in [0.1, 0.15) is 29.7 Å². The van der Waals surface area contributed by atoms with Gasteiger partial charge in [0.25, 0.3) is 0 Å². The number of carbonyl (C=O) groups excluding carboxylic acids is 1. The van der Waals surface area contributed by atoms with Crippen LogP contribution >= 0.6 is 23.5 Å². The summed E-state index contributed by atoms with van der Waals surface area (Å²) in [5, 5.41) is 12.6. The molecule has 0 fully saturated rings. The van der Waals surface area contributed by atoms with Gasteiger partial charge in [-0.2, -0.15) is 0 Å². The average Bonchev–Trinajstić information content (AvgIpc) is 3.01. The predicted octanol–water partition coefficient (Wildman–Crippen LogP) is 3.94. The second-order valence-electron chi connectivity index (χ2n) is 6.74. The Kier molecular flexibility index (Phi) is 6.92. The lowest BCUT2D eigenvalue weighted by atomic mass is 10.2. The van der Waals surface area contributed by atoms with Gasteiger partial charge in [-0.25, -0.2) is 9.97 Å². The minimum atomic E-state index is -0.305. The molecule has 0 aliphatic heterocycles. The number of carbonyl (C=O) groups is 1. The van der Waals surface area contributed by atoms with Gasteiger partial charge in [0.1, 0.15) is 5.82 Å². The van der Waals surface area contributed by atoms with E-state index in [-0.39, 0.29) is 11.2 Å². The Morgan fingerprint density at radius 3 is 2.52 bits per heavy atom. The molecule has 0 unspecified atom stereocenters. The summed E-state index contributed by atoms with van der Waals surface area (Å²) in [7, 11) is 1.91. The van der Waals surface area contributed by atoms with Gasteiger partial charge in [0.05, 0.1) is 11.0 Å². The molecule has 9 heteroatoms. The molecule has 1 aromatic carbocycles. The maximum Gasteiger partial charge on any atom is 0.237 e. The molecule has 0 bridgehead atoms. The van der Waals surface area contributed by atoms with Crippen molar-refractivity contribution in [3.05, 3.63) is 53.1 Å². The van der Waals surface area contributed by atoms with E-state index in [4.69, 9.17) is 0 Å². The number of hydrogen-bond acceptors (Lipinski definition) is 7. The minimum Gasteiger partial charge on any atom is -0.325 e. The summed E-state index contributed by atoms with van der Waals surface area (Å²) in [5.41, 5.74) is 3.75. The van der Waals surface area contributed by atoms with E-state index >= 15 is 0 Å². The maximum absolute atomic E-state index is 12.6. The summed E-state index contributed by atoms with van der Waals surface area (Å²) >= 11 is 2.91. The van der Waals surface area contributed by atoms with Crippen LogP contribution in [0.5, 0.6) is 0 Å². The highest BCUT2D eigenvalue weighted by Crippen LogP contribution is 2.25. The summed E-state index contributed by atoms with van der Waals surface area (Å²) in [6.07, 6.45) is 0. The van der Waals surface area contributed by atoms with Gasteiger partial charge in [-0.15, -0.1) is 10.2 Å². The van der Waals surface area contributed by atoms with Crippen molar-refractivity contribution >= 4 is 35.1 Å². The molecular weight excluding hydrogens is 404 g/mol. The molecule has 0 aliphatic rings. The molecule has 152 valence electrons. The minimum absolute atomic E-state index is 0.0631. The van der Waals surface area contributed by atoms with Gasteiger partial charge in [-0.3, -0.25) is 4.79 Å². The Labute approximate surface area is 179 Å². The van der Waals surface area contributed by atoms with Gasteiger partial charge in [0.15, 0.2) is 10.3 Å². The van der Waals surface area contributed by atoms with Crippen molar-refractivity contribution < 1.29 is 4.79 Å². The Hall–Kier alpha value is -2.39. The summed E-state index contributed by atoms with van der Waals surface area (Å²) < 4.78 is 1.91. The number of rotatable bonds is 7. The molecule has 0 saturated carbocycles. The van der Waals surface area contributed by atoms with E-state index in [9.17, 15) is 4.79 Å². The van der Waals surface area contributed by atoms with Crippen molar-refractivity contribution in [3.63, 3.8) is 0 Å². The second kappa shape index (κ2) is 9.41. The maximum atomic E-state index is 12.6. The summed E-state index contributed by atoms with van der Waals surface area (Å²) in [4.78, 5) is 21.4. The number of aryl methyl sites for hydroxylation is 3. The monoisotopic (exact) mass is 428 g/mol. The third-order valence-corrected chi connectivity index (χ3v) is 6.25. The molecule has 2 heterocycles. The van der Waals surface area contributed by atoms with Crippen molar-refractivity contribution in [3.8, 4) is 0 Å². The number of amides is 1. The molecule has 2 aromatic heterocycles. The first-order valence-electron chi connectivity index (χ1n) is 9.20. The molecule has 0 aliphatic carbocycles.